The van der Waals surface area contributed by atoms with Crippen molar-refractivity contribution in [1.82, 2.24) is 0 Å². The van der Waals surface area contributed by atoms with Gasteiger partial charge >= 0.3 is 0 Å². The molecule has 2 nitrogen and oxygen atoms in total. The predicted octanol–water partition coefficient (Wildman–Crippen LogP) is 1.99. The van der Waals surface area contributed by atoms with Crippen LogP contribution in [0.15, 0.2) is 38.0 Å². The normalized spacial score (nSPS) is 15.0. The van der Waals surface area contributed by atoms with E-state index in [2.05, 4.69) is 19.7 Å². The van der Waals surface area contributed by atoms with Crippen LogP contribution in [0.3, 0.4) is 0 Å². The average molecular weight is 268 g/mol. The third-order valence-electron chi connectivity index (χ3n) is 3.72. The molecule has 2 atom stereocenters. The minimum Gasteiger partial charge on any atom is -0.394 e. The fourth-order valence-electron chi connectivity index (χ4n) is 2.51. The summed E-state index contributed by atoms with van der Waals surface area (Å²) >= 11 is 0. The summed E-state index contributed by atoms with van der Waals surface area (Å²) in [6.07, 6.45) is 9.79. The van der Waals surface area contributed by atoms with E-state index in [1.165, 1.54) is 0 Å². The molecule has 18 heavy (non-hydrogen) atoms. The number of hydrogen-bond acceptors (Lipinski definition) is 2. The molecule has 0 amide bonds. The number of aliphatic hydroxyl groups is 2. The lowest BCUT2D eigenvalue weighted by Gasteiger charge is -2.37. The maximum absolute atomic E-state index is 9.50. The zero-order valence-corrected chi connectivity index (χ0v) is 13.6. The molecule has 0 heterocycles. The third-order valence-corrected chi connectivity index (χ3v) is 5.35. The summed E-state index contributed by atoms with van der Waals surface area (Å²) in [5.41, 5.74) is 0. The second-order valence-electron chi connectivity index (χ2n) is 5.27. The number of allylic oxidation sites excluding steroid dienone is 3. The first kappa shape index (κ1) is 17.4. The van der Waals surface area contributed by atoms with Gasteiger partial charge in [-0.05, 0) is 43.1 Å². The highest BCUT2D eigenvalue weighted by Crippen LogP contribution is 2.45. The SMILES string of the molecule is C=CCC(CCC(O)CO)C([SiH3])(CC=C)CC=C. The summed E-state index contributed by atoms with van der Waals surface area (Å²) in [5.74, 6) is 0.485. The Labute approximate surface area is 115 Å². The smallest absolute Gasteiger partial charge is 0.0771 e. The molecule has 0 saturated carbocycles. The molecule has 0 aliphatic carbocycles. The van der Waals surface area contributed by atoms with Gasteiger partial charge in [0.2, 0.25) is 0 Å². The van der Waals surface area contributed by atoms with Gasteiger partial charge in [-0.25, -0.2) is 0 Å². The molecule has 2 unspecified atom stereocenters. The molecule has 0 rings (SSSR count). The summed E-state index contributed by atoms with van der Waals surface area (Å²) in [7, 11) is 1.06. The lowest BCUT2D eigenvalue weighted by atomic mass is 9.79. The van der Waals surface area contributed by atoms with E-state index in [9.17, 15) is 5.11 Å². The van der Waals surface area contributed by atoms with Crippen LogP contribution in [0.1, 0.15) is 32.1 Å². The maximum atomic E-state index is 9.50. The zero-order chi connectivity index (χ0) is 14.0. The number of aliphatic hydroxyl groups excluding tert-OH is 2. The Morgan fingerprint density at radius 1 is 1.06 bits per heavy atom. The fourth-order valence-corrected chi connectivity index (χ4v) is 3.61. The number of hydrogen-bond donors (Lipinski definition) is 2. The zero-order valence-electron chi connectivity index (χ0n) is 11.6. The van der Waals surface area contributed by atoms with Crippen molar-refractivity contribution in [1.29, 1.82) is 0 Å². The van der Waals surface area contributed by atoms with Crippen molar-refractivity contribution >= 4 is 10.2 Å². The van der Waals surface area contributed by atoms with Crippen molar-refractivity contribution in [3.05, 3.63) is 38.0 Å². The van der Waals surface area contributed by atoms with Crippen LogP contribution < -0.4 is 0 Å². The first-order valence-corrected chi connectivity index (χ1v) is 7.65. The van der Waals surface area contributed by atoms with Crippen LogP contribution in [-0.4, -0.2) is 33.2 Å². The largest absolute Gasteiger partial charge is 0.394 e. The molecule has 0 aromatic heterocycles. The molecule has 0 aromatic carbocycles. The maximum Gasteiger partial charge on any atom is 0.0771 e. The molecule has 0 aliphatic rings. The summed E-state index contributed by atoms with van der Waals surface area (Å²) in [6, 6.07) is 0. The molecule has 0 aliphatic heterocycles. The van der Waals surface area contributed by atoms with Crippen LogP contribution in [0.5, 0.6) is 0 Å². The summed E-state index contributed by atoms with van der Waals surface area (Å²) in [4.78, 5) is 0. The highest BCUT2D eigenvalue weighted by atomic mass is 28.1. The quantitative estimate of drug-likeness (QED) is 0.444. The lowest BCUT2D eigenvalue weighted by molar-refractivity contribution is 0.0801. The van der Waals surface area contributed by atoms with Gasteiger partial charge in [0.1, 0.15) is 0 Å². The molecule has 2 N–H and O–H groups in total. The van der Waals surface area contributed by atoms with E-state index >= 15 is 0 Å². The van der Waals surface area contributed by atoms with Gasteiger partial charge in [0.25, 0.3) is 0 Å². The highest BCUT2D eigenvalue weighted by molar-refractivity contribution is 6.15. The van der Waals surface area contributed by atoms with Gasteiger partial charge in [0, 0.05) is 10.2 Å². The third kappa shape index (κ3) is 5.80. The molecule has 3 heteroatoms. The van der Waals surface area contributed by atoms with Crippen molar-refractivity contribution in [3.63, 3.8) is 0 Å². The van der Waals surface area contributed by atoms with E-state index in [0.717, 1.165) is 35.9 Å². The van der Waals surface area contributed by atoms with Crippen molar-refractivity contribution < 1.29 is 10.2 Å². The van der Waals surface area contributed by atoms with E-state index in [4.69, 9.17) is 5.11 Å². The van der Waals surface area contributed by atoms with Crippen LogP contribution in [0, 0.1) is 5.92 Å². The van der Waals surface area contributed by atoms with Gasteiger partial charge in [-0.2, -0.15) is 0 Å². The van der Waals surface area contributed by atoms with Crippen molar-refractivity contribution in [2.75, 3.05) is 6.61 Å². The molecule has 0 bridgehead atoms. The Kier molecular flexibility index (Phi) is 8.98. The first-order valence-electron chi connectivity index (χ1n) is 6.65. The second kappa shape index (κ2) is 9.31. The van der Waals surface area contributed by atoms with Gasteiger partial charge in [-0.3, -0.25) is 0 Å². The molecular formula is C15H28O2Si. The van der Waals surface area contributed by atoms with Crippen molar-refractivity contribution in [2.45, 2.75) is 43.2 Å². The Morgan fingerprint density at radius 3 is 2.00 bits per heavy atom. The molecule has 0 spiro atoms. The van der Waals surface area contributed by atoms with Gasteiger partial charge in [0.15, 0.2) is 0 Å². The minimum atomic E-state index is -0.601. The van der Waals surface area contributed by atoms with E-state index in [-0.39, 0.29) is 11.6 Å². The fraction of sp³-hybridized carbons (Fsp3) is 0.600. The molecular weight excluding hydrogens is 240 g/mol. The molecule has 104 valence electrons. The van der Waals surface area contributed by atoms with E-state index < -0.39 is 6.10 Å². The van der Waals surface area contributed by atoms with Crippen LogP contribution in [0.2, 0.25) is 5.04 Å². The summed E-state index contributed by atoms with van der Waals surface area (Å²) < 4.78 is 0. The Morgan fingerprint density at radius 2 is 1.61 bits per heavy atom. The van der Waals surface area contributed by atoms with Gasteiger partial charge < -0.3 is 10.2 Å². The van der Waals surface area contributed by atoms with E-state index in [0.29, 0.717) is 12.3 Å². The summed E-state index contributed by atoms with van der Waals surface area (Å²) in [6.45, 7) is 11.4. The summed E-state index contributed by atoms with van der Waals surface area (Å²) in [5, 5.41) is 18.6. The Bertz CT molecular complexity index is 253. The van der Waals surface area contributed by atoms with Gasteiger partial charge in [0.05, 0.1) is 12.7 Å². The highest BCUT2D eigenvalue weighted by Gasteiger charge is 2.31. The van der Waals surface area contributed by atoms with Crippen LogP contribution >= 0.6 is 0 Å². The Hall–Kier alpha value is -0.643. The second-order valence-corrected chi connectivity index (χ2v) is 7.27. The van der Waals surface area contributed by atoms with Gasteiger partial charge in [-0.1, -0.05) is 18.2 Å². The minimum absolute atomic E-state index is 0.155. The van der Waals surface area contributed by atoms with Crippen LogP contribution in [-0.2, 0) is 0 Å². The van der Waals surface area contributed by atoms with Crippen molar-refractivity contribution in [2.24, 2.45) is 5.92 Å². The van der Waals surface area contributed by atoms with E-state index in [1.54, 1.807) is 0 Å². The number of rotatable bonds is 11. The molecule has 0 radical (unpaired) electrons. The Balaban J connectivity index is 4.72. The lowest BCUT2D eigenvalue weighted by Crippen LogP contribution is -2.25. The van der Waals surface area contributed by atoms with Gasteiger partial charge in [-0.15, -0.1) is 19.7 Å². The molecule has 0 fully saturated rings. The topological polar surface area (TPSA) is 40.5 Å². The predicted molar refractivity (Wildman–Crippen MR) is 82.9 cm³/mol. The first-order chi connectivity index (χ1) is 8.53. The van der Waals surface area contributed by atoms with E-state index in [1.807, 2.05) is 18.2 Å². The van der Waals surface area contributed by atoms with Crippen LogP contribution in [0.4, 0.5) is 0 Å². The molecule has 0 saturated heterocycles. The van der Waals surface area contributed by atoms with Crippen LogP contribution in [0.25, 0.3) is 0 Å². The average Bonchev–Trinajstić information content (AvgIpc) is 2.34. The standard InChI is InChI=1S/C15H28O2Si/c1-4-7-13(8-9-14(17)12-16)15(18,10-5-2)11-6-3/h4-6,13-14,16-17H,1-3,7-12H2,18H3. The molecule has 0 aromatic rings. The van der Waals surface area contributed by atoms with Crippen molar-refractivity contribution in [3.8, 4) is 0 Å². The monoisotopic (exact) mass is 268 g/mol.